The molecule has 0 aromatic heterocycles. The van der Waals surface area contributed by atoms with E-state index in [4.69, 9.17) is 4.74 Å². The molecule has 40 heavy (non-hydrogen) atoms. The third-order valence-corrected chi connectivity index (χ3v) is 4.71. The van der Waals surface area contributed by atoms with E-state index in [1.807, 2.05) is 0 Å². The molecule has 0 amide bonds. The minimum atomic E-state index is -0.398. The molecule has 5 rings (SSSR count). The Labute approximate surface area is 243 Å². The number of carbonyl (C=O) groups is 5. The van der Waals surface area contributed by atoms with Gasteiger partial charge in [-0.1, -0.05) is 66.9 Å². The van der Waals surface area contributed by atoms with Crippen molar-refractivity contribution in [3.8, 4) is 0 Å². The second-order valence-electron chi connectivity index (χ2n) is 8.49. The number of cyclic esters (lactones) is 4. The predicted molar refractivity (Wildman–Crippen MR) is 159 cm³/mol. The van der Waals surface area contributed by atoms with Gasteiger partial charge in [0.15, 0.2) is 5.78 Å². The number of ketones is 1. The first-order chi connectivity index (χ1) is 17.9. The Kier molecular flexibility index (Phi) is 35.8. The number of esters is 4. The summed E-state index contributed by atoms with van der Waals surface area (Å²) in [5, 5.41) is 0. The Morgan fingerprint density at radius 3 is 1.18 bits per heavy atom. The van der Waals surface area contributed by atoms with Crippen LogP contribution in [-0.2, 0) is 42.9 Å². The van der Waals surface area contributed by atoms with Crippen LogP contribution >= 0.6 is 0 Å². The molecule has 0 atom stereocenters. The highest BCUT2D eigenvalue weighted by molar-refractivity contribution is 5.92. The SMILES string of the molecule is C.C.C.C1=CCC/C=C\CC1.C1CCOC1.CCC.O=C1CCC(=O)O1.O=C1CCC(=O)OC1.O=C1CCCO1. The highest BCUT2D eigenvalue weighted by Gasteiger charge is 2.19. The van der Waals surface area contributed by atoms with Crippen LogP contribution in [0, 0.1) is 0 Å². The number of rotatable bonds is 0. The summed E-state index contributed by atoms with van der Waals surface area (Å²) in [4.78, 5) is 50.6. The molecule has 0 radical (unpaired) electrons. The monoisotopic (exact) mass is 572 g/mol. The van der Waals surface area contributed by atoms with Gasteiger partial charge in [0.25, 0.3) is 0 Å². The zero-order valence-electron chi connectivity index (χ0n) is 22.5. The van der Waals surface area contributed by atoms with Crippen LogP contribution in [0.3, 0.4) is 0 Å². The summed E-state index contributed by atoms with van der Waals surface area (Å²) in [5.74, 6) is -1.08. The van der Waals surface area contributed by atoms with E-state index in [1.165, 1.54) is 44.9 Å². The van der Waals surface area contributed by atoms with Crippen LogP contribution in [0.25, 0.3) is 0 Å². The van der Waals surface area contributed by atoms with Crippen molar-refractivity contribution < 1.29 is 42.9 Å². The number of hydrogen-bond acceptors (Lipinski definition) is 9. The smallest absolute Gasteiger partial charge is 0.314 e. The normalized spacial score (nSPS) is 19.0. The highest BCUT2D eigenvalue weighted by Crippen LogP contribution is 2.04. The molecule has 0 aromatic carbocycles. The lowest BCUT2D eigenvalue weighted by molar-refractivity contribution is -0.153. The summed E-state index contributed by atoms with van der Waals surface area (Å²) in [7, 11) is 0. The third-order valence-electron chi connectivity index (χ3n) is 4.71. The standard InChI is InChI=1S/C8H12.C5H6O3.C4H4O3.C4H6O2.C4H8O.C3H8.3CH4/c1-2-4-6-8-7-5-3-1;6-4-1-2-5(7)8-3-4;5-3-1-2-4(6)7-3;5-4-2-1-3-6-4;1-2-4-5-3-1;1-3-2;;;/h1-2,7-8H,3-6H2;1-3H2;1-2H2;1-3H2;1-4H2;3H2,1-2H3;3*1H4/b2-1-,8-7?;;;;;;;;. The molecule has 5 aliphatic rings. The van der Waals surface area contributed by atoms with Gasteiger partial charge in [-0.25, -0.2) is 0 Å². The molecular weight excluding hydrogens is 516 g/mol. The van der Waals surface area contributed by atoms with Crippen molar-refractivity contribution in [3.63, 3.8) is 0 Å². The first-order valence-corrected chi connectivity index (χ1v) is 13.3. The first-order valence-electron chi connectivity index (χ1n) is 13.3. The Morgan fingerprint density at radius 1 is 0.550 bits per heavy atom. The third kappa shape index (κ3) is 31.4. The summed E-state index contributed by atoms with van der Waals surface area (Å²) in [6, 6.07) is 0. The van der Waals surface area contributed by atoms with E-state index in [-0.39, 0.29) is 65.9 Å². The average Bonchev–Trinajstić information content (AvgIpc) is 3.64. The van der Waals surface area contributed by atoms with Gasteiger partial charge in [0, 0.05) is 26.1 Å². The summed E-state index contributed by atoms with van der Waals surface area (Å²) in [5.41, 5.74) is 0. The Hall–Kier alpha value is -2.81. The Balaban J connectivity index is -0.000000195. The molecule has 0 aromatic rings. The van der Waals surface area contributed by atoms with E-state index in [2.05, 4.69) is 52.4 Å². The largest absolute Gasteiger partial charge is 0.466 e. The van der Waals surface area contributed by atoms with Crippen molar-refractivity contribution in [1.29, 1.82) is 0 Å². The van der Waals surface area contributed by atoms with Crippen LogP contribution < -0.4 is 0 Å². The van der Waals surface area contributed by atoms with Crippen molar-refractivity contribution in [3.05, 3.63) is 24.3 Å². The molecule has 0 N–H and O–H groups in total. The van der Waals surface area contributed by atoms with Gasteiger partial charge < -0.3 is 18.9 Å². The Morgan fingerprint density at radius 2 is 0.975 bits per heavy atom. The number of ether oxygens (including phenoxy) is 4. The molecule has 0 spiro atoms. The van der Waals surface area contributed by atoms with Crippen molar-refractivity contribution in [2.45, 2.75) is 120 Å². The van der Waals surface area contributed by atoms with Gasteiger partial charge in [-0.05, 0) is 44.9 Å². The summed E-state index contributed by atoms with van der Waals surface area (Å²) < 4.78 is 17.9. The fourth-order valence-electron chi connectivity index (χ4n) is 2.82. The molecule has 0 unspecified atom stereocenters. The van der Waals surface area contributed by atoms with E-state index in [9.17, 15) is 24.0 Å². The van der Waals surface area contributed by atoms with Gasteiger partial charge >= 0.3 is 23.9 Å². The van der Waals surface area contributed by atoms with Gasteiger partial charge in [-0.15, -0.1) is 0 Å². The molecule has 9 nitrogen and oxygen atoms in total. The summed E-state index contributed by atoms with van der Waals surface area (Å²) in [6.07, 6.45) is 20.5. The van der Waals surface area contributed by atoms with E-state index in [0.29, 0.717) is 19.4 Å². The fraction of sp³-hybridized carbons (Fsp3) is 0.710. The zero-order chi connectivity index (χ0) is 27.6. The van der Waals surface area contributed by atoms with Crippen LogP contribution in [0.2, 0.25) is 0 Å². The van der Waals surface area contributed by atoms with Crippen molar-refractivity contribution in [2.75, 3.05) is 26.4 Å². The molecule has 0 bridgehead atoms. The minimum absolute atomic E-state index is 0. The number of allylic oxidation sites excluding steroid dienone is 4. The van der Waals surface area contributed by atoms with Crippen molar-refractivity contribution in [1.82, 2.24) is 0 Å². The maximum atomic E-state index is 10.3. The number of hydrogen-bond donors (Lipinski definition) is 0. The second-order valence-corrected chi connectivity index (χ2v) is 8.49. The lowest BCUT2D eigenvalue weighted by Crippen LogP contribution is -2.20. The molecule has 4 aliphatic heterocycles. The number of Topliss-reactive ketones (excluding diaryl/α,β-unsaturated/α-hetero) is 1. The fourth-order valence-corrected chi connectivity index (χ4v) is 2.82. The van der Waals surface area contributed by atoms with E-state index in [1.54, 1.807) is 0 Å². The molecule has 234 valence electrons. The van der Waals surface area contributed by atoms with E-state index in [0.717, 1.165) is 19.6 Å². The van der Waals surface area contributed by atoms with Gasteiger partial charge in [0.05, 0.1) is 25.9 Å². The maximum absolute atomic E-state index is 10.3. The summed E-state index contributed by atoms with van der Waals surface area (Å²) >= 11 is 0. The molecule has 0 saturated carbocycles. The van der Waals surface area contributed by atoms with Crippen LogP contribution in [0.1, 0.15) is 120 Å². The van der Waals surface area contributed by atoms with E-state index < -0.39 is 11.9 Å². The molecular formula is C31H56O9. The molecule has 9 heteroatoms. The van der Waals surface area contributed by atoms with Crippen LogP contribution in [0.15, 0.2) is 24.3 Å². The first kappa shape index (κ1) is 44.2. The highest BCUT2D eigenvalue weighted by atomic mass is 16.6. The maximum Gasteiger partial charge on any atom is 0.314 e. The minimum Gasteiger partial charge on any atom is -0.466 e. The van der Waals surface area contributed by atoms with Gasteiger partial charge in [0.1, 0.15) is 6.61 Å². The number of carbonyl (C=O) groups excluding carboxylic acids is 5. The van der Waals surface area contributed by atoms with Crippen molar-refractivity contribution >= 4 is 29.7 Å². The van der Waals surface area contributed by atoms with Gasteiger partial charge in [-0.3, -0.25) is 24.0 Å². The van der Waals surface area contributed by atoms with Crippen molar-refractivity contribution in [2.24, 2.45) is 0 Å². The molecule has 4 fully saturated rings. The predicted octanol–water partition coefficient (Wildman–Crippen LogP) is 6.86. The molecule has 4 saturated heterocycles. The lowest BCUT2D eigenvalue weighted by atomic mass is 10.1. The van der Waals surface area contributed by atoms with Gasteiger partial charge in [-0.2, -0.15) is 0 Å². The molecule has 1 aliphatic carbocycles. The average molecular weight is 573 g/mol. The van der Waals surface area contributed by atoms with Crippen LogP contribution in [-0.4, -0.2) is 56.1 Å². The zero-order valence-corrected chi connectivity index (χ0v) is 22.5. The topological polar surface area (TPSA) is 122 Å². The van der Waals surface area contributed by atoms with Gasteiger partial charge in [0.2, 0.25) is 0 Å². The quantitative estimate of drug-likeness (QED) is 0.132. The van der Waals surface area contributed by atoms with Crippen LogP contribution in [0.4, 0.5) is 0 Å². The Bertz CT molecular complexity index is 639. The summed E-state index contributed by atoms with van der Waals surface area (Å²) in [6.45, 7) is 6.87. The lowest BCUT2D eigenvalue weighted by Gasteiger charge is -2.07. The molecule has 4 heterocycles. The van der Waals surface area contributed by atoms with E-state index >= 15 is 0 Å². The van der Waals surface area contributed by atoms with Crippen LogP contribution in [0.5, 0.6) is 0 Å². The second kappa shape index (κ2) is 32.4.